The van der Waals surface area contributed by atoms with Gasteiger partial charge in [0.05, 0.1) is 0 Å². The molecule has 1 aliphatic carbocycles. The van der Waals surface area contributed by atoms with E-state index in [4.69, 9.17) is 4.42 Å². The van der Waals surface area contributed by atoms with Crippen molar-refractivity contribution in [2.24, 2.45) is 0 Å². The molecule has 0 unspecified atom stereocenters. The van der Waals surface area contributed by atoms with E-state index in [9.17, 15) is 0 Å². The van der Waals surface area contributed by atoms with E-state index in [1.54, 1.807) is 0 Å². The van der Waals surface area contributed by atoms with E-state index in [1.165, 1.54) is 22.1 Å². The van der Waals surface area contributed by atoms with Gasteiger partial charge in [0.25, 0.3) is 0 Å². The van der Waals surface area contributed by atoms with Crippen LogP contribution >= 0.6 is 0 Å². The monoisotopic (exact) mass is 337 g/mol. The maximum atomic E-state index is 5.98. The second-order valence-corrected chi connectivity index (χ2v) is 6.66. The standard InChI is InChI=1S/C24H19NO/c1-2-6-17(7-3-1)18-10-12-19(13-11-18)25-20-14-15-24-22(16-20)21-8-4-5-9-23(21)26-24/h1-4,6-8,10-16,25H,5,9H2. The molecule has 4 aromatic rings. The highest BCUT2D eigenvalue weighted by atomic mass is 16.3. The highest BCUT2D eigenvalue weighted by Crippen LogP contribution is 2.33. The van der Waals surface area contributed by atoms with Crippen molar-refractivity contribution in [1.82, 2.24) is 0 Å². The first-order chi connectivity index (χ1) is 12.9. The van der Waals surface area contributed by atoms with Gasteiger partial charge in [-0.25, -0.2) is 0 Å². The van der Waals surface area contributed by atoms with Crippen LogP contribution in [0.15, 0.2) is 83.3 Å². The van der Waals surface area contributed by atoms with E-state index in [-0.39, 0.29) is 0 Å². The Morgan fingerprint density at radius 2 is 1.54 bits per heavy atom. The van der Waals surface area contributed by atoms with Gasteiger partial charge < -0.3 is 9.73 Å². The van der Waals surface area contributed by atoms with Crippen molar-refractivity contribution < 1.29 is 4.42 Å². The minimum absolute atomic E-state index is 0.964. The van der Waals surface area contributed by atoms with Gasteiger partial charge in [0.2, 0.25) is 0 Å². The Labute approximate surface area is 152 Å². The average molecular weight is 337 g/mol. The van der Waals surface area contributed by atoms with E-state index in [0.29, 0.717) is 0 Å². The molecule has 0 radical (unpaired) electrons. The van der Waals surface area contributed by atoms with Crippen LogP contribution in [0.25, 0.3) is 28.2 Å². The van der Waals surface area contributed by atoms with Crippen LogP contribution in [0.5, 0.6) is 0 Å². The molecule has 1 heterocycles. The molecule has 26 heavy (non-hydrogen) atoms. The zero-order chi connectivity index (χ0) is 17.3. The lowest BCUT2D eigenvalue weighted by molar-refractivity contribution is 0.546. The molecule has 3 aromatic carbocycles. The highest BCUT2D eigenvalue weighted by molar-refractivity contribution is 5.92. The number of allylic oxidation sites excluding steroid dienone is 1. The normalized spacial score (nSPS) is 12.9. The quantitative estimate of drug-likeness (QED) is 0.444. The molecule has 5 rings (SSSR count). The fourth-order valence-electron chi connectivity index (χ4n) is 3.57. The van der Waals surface area contributed by atoms with E-state index in [2.05, 4.69) is 84.2 Å². The summed E-state index contributed by atoms with van der Waals surface area (Å²) in [5, 5.41) is 4.69. The second kappa shape index (κ2) is 6.23. The lowest BCUT2D eigenvalue weighted by atomic mass is 10.0. The van der Waals surface area contributed by atoms with Crippen molar-refractivity contribution in [3.63, 3.8) is 0 Å². The maximum absolute atomic E-state index is 5.98. The number of hydrogen-bond donors (Lipinski definition) is 1. The van der Waals surface area contributed by atoms with Gasteiger partial charge in [-0.05, 0) is 47.9 Å². The van der Waals surface area contributed by atoms with Gasteiger partial charge >= 0.3 is 0 Å². The number of rotatable bonds is 3. The summed E-state index contributed by atoms with van der Waals surface area (Å²) < 4.78 is 5.98. The third-order valence-electron chi connectivity index (χ3n) is 4.91. The zero-order valence-corrected chi connectivity index (χ0v) is 14.4. The molecule has 2 heteroatoms. The van der Waals surface area contributed by atoms with Gasteiger partial charge in [-0.1, -0.05) is 54.6 Å². The van der Waals surface area contributed by atoms with E-state index in [0.717, 1.165) is 35.6 Å². The Balaban J connectivity index is 1.43. The van der Waals surface area contributed by atoms with Crippen LogP contribution in [-0.4, -0.2) is 0 Å². The Kier molecular flexibility index (Phi) is 3.60. The van der Waals surface area contributed by atoms with Crippen LogP contribution in [0.2, 0.25) is 0 Å². The number of benzene rings is 3. The lowest BCUT2D eigenvalue weighted by Gasteiger charge is -2.08. The van der Waals surface area contributed by atoms with Crippen molar-refractivity contribution in [1.29, 1.82) is 0 Å². The Morgan fingerprint density at radius 1 is 0.769 bits per heavy atom. The molecular weight excluding hydrogens is 318 g/mol. The topological polar surface area (TPSA) is 25.2 Å². The Bertz CT molecular complexity index is 1090. The molecule has 2 nitrogen and oxygen atoms in total. The molecular formula is C24H19NO. The molecule has 0 fully saturated rings. The molecule has 1 aliphatic rings. The first-order valence-corrected chi connectivity index (χ1v) is 9.01. The van der Waals surface area contributed by atoms with Gasteiger partial charge in [-0.3, -0.25) is 0 Å². The fraction of sp³-hybridized carbons (Fsp3) is 0.0833. The third kappa shape index (κ3) is 2.70. The number of fused-ring (bicyclic) bond motifs is 3. The van der Waals surface area contributed by atoms with Crippen molar-refractivity contribution in [2.45, 2.75) is 12.8 Å². The third-order valence-corrected chi connectivity index (χ3v) is 4.91. The molecule has 1 aromatic heterocycles. The zero-order valence-electron chi connectivity index (χ0n) is 14.4. The van der Waals surface area contributed by atoms with Crippen LogP contribution in [0.3, 0.4) is 0 Å². The van der Waals surface area contributed by atoms with E-state index in [1.807, 2.05) is 6.07 Å². The number of aryl methyl sites for hydroxylation is 1. The van der Waals surface area contributed by atoms with Crippen molar-refractivity contribution >= 4 is 28.4 Å². The van der Waals surface area contributed by atoms with E-state index < -0.39 is 0 Å². The summed E-state index contributed by atoms with van der Waals surface area (Å²) in [6.07, 6.45) is 6.46. The van der Waals surface area contributed by atoms with Crippen LogP contribution in [0, 0.1) is 0 Å². The predicted molar refractivity (Wildman–Crippen MR) is 109 cm³/mol. The van der Waals surface area contributed by atoms with Crippen LogP contribution in [0.4, 0.5) is 11.4 Å². The number of anilines is 2. The number of hydrogen-bond acceptors (Lipinski definition) is 2. The van der Waals surface area contributed by atoms with Crippen molar-refractivity contribution in [3.05, 3.63) is 90.2 Å². The molecule has 0 amide bonds. The lowest BCUT2D eigenvalue weighted by Crippen LogP contribution is -1.91. The van der Waals surface area contributed by atoms with Crippen LogP contribution < -0.4 is 5.32 Å². The summed E-state index contributed by atoms with van der Waals surface area (Å²) in [5.74, 6) is 1.10. The predicted octanol–water partition coefficient (Wildman–Crippen LogP) is 6.80. The summed E-state index contributed by atoms with van der Waals surface area (Å²) in [6, 6.07) is 25.3. The molecule has 0 atom stereocenters. The molecule has 1 N–H and O–H groups in total. The van der Waals surface area contributed by atoms with Gasteiger partial charge in [0, 0.05) is 28.7 Å². The minimum atomic E-state index is 0.964. The van der Waals surface area contributed by atoms with Gasteiger partial charge in [-0.2, -0.15) is 0 Å². The average Bonchev–Trinajstić information content (AvgIpc) is 3.07. The summed E-state index contributed by atoms with van der Waals surface area (Å²) in [7, 11) is 0. The fourth-order valence-corrected chi connectivity index (χ4v) is 3.57. The van der Waals surface area contributed by atoms with E-state index >= 15 is 0 Å². The van der Waals surface area contributed by atoms with Gasteiger partial charge in [0.15, 0.2) is 0 Å². The molecule has 0 spiro atoms. The first-order valence-electron chi connectivity index (χ1n) is 9.01. The minimum Gasteiger partial charge on any atom is -0.460 e. The molecule has 0 saturated carbocycles. The second-order valence-electron chi connectivity index (χ2n) is 6.66. The van der Waals surface area contributed by atoms with Gasteiger partial charge in [0.1, 0.15) is 11.3 Å². The largest absolute Gasteiger partial charge is 0.460 e. The molecule has 0 saturated heterocycles. The molecule has 0 aliphatic heterocycles. The first kappa shape index (κ1) is 15.0. The molecule has 0 bridgehead atoms. The van der Waals surface area contributed by atoms with Crippen LogP contribution in [-0.2, 0) is 6.42 Å². The summed E-state index contributed by atoms with van der Waals surface area (Å²) >= 11 is 0. The highest BCUT2D eigenvalue weighted by Gasteiger charge is 2.14. The summed E-state index contributed by atoms with van der Waals surface area (Å²) in [6.45, 7) is 0. The Morgan fingerprint density at radius 3 is 2.38 bits per heavy atom. The van der Waals surface area contributed by atoms with Gasteiger partial charge in [-0.15, -0.1) is 0 Å². The van der Waals surface area contributed by atoms with Crippen molar-refractivity contribution in [3.8, 4) is 11.1 Å². The number of nitrogens with one attached hydrogen (secondary N) is 1. The Hall–Kier alpha value is -3.26. The SMILES string of the molecule is C1=Cc2c(oc3ccc(Nc4ccc(-c5ccccc5)cc4)cc23)CC1. The maximum Gasteiger partial charge on any atom is 0.135 e. The smallest absolute Gasteiger partial charge is 0.135 e. The number of furan rings is 1. The molecule has 126 valence electrons. The summed E-state index contributed by atoms with van der Waals surface area (Å²) in [5.41, 5.74) is 6.81. The van der Waals surface area contributed by atoms with Crippen molar-refractivity contribution in [2.75, 3.05) is 5.32 Å². The van der Waals surface area contributed by atoms with Crippen LogP contribution in [0.1, 0.15) is 17.7 Å². The summed E-state index contributed by atoms with van der Waals surface area (Å²) in [4.78, 5) is 0.